The Kier molecular flexibility index (Phi) is 6.11. The molecular formula is C22H24ClN5O3. The van der Waals surface area contributed by atoms with Gasteiger partial charge in [0, 0.05) is 17.6 Å². The van der Waals surface area contributed by atoms with Gasteiger partial charge in [-0.3, -0.25) is 9.69 Å². The highest BCUT2D eigenvalue weighted by Crippen LogP contribution is 2.37. The van der Waals surface area contributed by atoms with Crippen LogP contribution in [0.1, 0.15) is 24.1 Å². The average Bonchev–Trinajstić information content (AvgIpc) is 3.29. The zero-order chi connectivity index (χ0) is 22.0. The molecular weight excluding hydrogens is 418 g/mol. The largest absolute Gasteiger partial charge is 0.493 e. The number of carbonyl (C=O) groups is 1. The molecule has 0 spiro atoms. The van der Waals surface area contributed by atoms with Crippen LogP contribution in [0.2, 0.25) is 5.02 Å². The standard InChI is InChI=1S/C22H24ClN5O3/c1-14-17-10-21(31-3)20(30-2)8-15(17)6-7-27(14)11-22(29)26-18-9-16(23)4-5-19(18)28-13-24-12-25-28/h4-5,8-10,12-14H,6-7,11H2,1-3H3,(H,26,29)/t14-/m0/s1. The Morgan fingerprint density at radius 3 is 2.71 bits per heavy atom. The van der Waals surface area contributed by atoms with E-state index < -0.39 is 0 Å². The summed E-state index contributed by atoms with van der Waals surface area (Å²) in [5.74, 6) is 1.29. The molecule has 2 aromatic carbocycles. The number of methoxy groups -OCH3 is 2. The van der Waals surface area contributed by atoms with Crippen molar-refractivity contribution in [2.24, 2.45) is 0 Å². The van der Waals surface area contributed by atoms with Gasteiger partial charge in [-0.15, -0.1) is 0 Å². The van der Waals surface area contributed by atoms with Gasteiger partial charge in [-0.05, 0) is 54.8 Å². The predicted molar refractivity (Wildman–Crippen MR) is 118 cm³/mol. The van der Waals surface area contributed by atoms with E-state index in [-0.39, 0.29) is 18.5 Å². The Labute approximate surface area is 185 Å². The number of hydrogen-bond donors (Lipinski definition) is 1. The van der Waals surface area contributed by atoms with E-state index in [4.69, 9.17) is 21.1 Å². The van der Waals surface area contributed by atoms with Gasteiger partial charge in [-0.1, -0.05) is 11.6 Å². The van der Waals surface area contributed by atoms with Crippen LogP contribution in [0.3, 0.4) is 0 Å². The van der Waals surface area contributed by atoms with Crippen LogP contribution in [0.4, 0.5) is 5.69 Å². The first-order chi connectivity index (χ1) is 15.0. The minimum Gasteiger partial charge on any atom is -0.493 e. The van der Waals surface area contributed by atoms with E-state index in [1.807, 2.05) is 12.1 Å². The summed E-state index contributed by atoms with van der Waals surface area (Å²) in [4.78, 5) is 19.0. The quantitative estimate of drug-likeness (QED) is 0.630. The summed E-state index contributed by atoms with van der Waals surface area (Å²) in [7, 11) is 3.26. The van der Waals surface area contributed by atoms with Gasteiger partial charge in [0.2, 0.25) is 5.91 Å². The molecule has 8 nitrogen and oxygen atoms in total. The number of hydrogen-bond acceptors (Lipinski definition) is 6. The zero-order valence-electron chi connectivity index (χ0n) is 17.6. The van der Waals surface area contributed by atoms with E-state index >= 15 is 0 Å². The molecule has 4 rings (SSSR count). The normalized spacial score (nSPS) is 15.9. The Bertz CT molecular complexity index is 1090. The molecule has 1 atom stereocenters. The maximum atomic E-state index is 12.9. The topological polar surface area (TPSA) is 81.5 Å². The maximum Gasteiger partial charge on any atom is 0.238 e. The van der Waals surface area contributed by atoms with Gasteiger partial charge in [0.1, 0.15) is 12.7 Å². The third-order valence-corrected chi connectivity index (χ3v) is 5.79. The van der Waals surface area contributed by atoms with Crippen LogP contribution in [0.25, 0.3) is 5.69 Å². The summed E-state index contributed by atoms with van der Waals surface area (Å²) < 4.78 is 12.5. The number of carbonyl (C=O) groups excluding carboxylic acids is 1. The van der Waals surface area contributed by atoms with Gasteiger partial charge >= 0.3 is 0 Å². The van der Waals surface area contributed by atoms with E-state index in [2.05, 4.69) is 27.2 Å². The highest BCUT2D eigenvalue weighted by atomic mass is 35.5. The molecule has 31 heavy (non-hydrogen) atoms. The molecule has 162 valence electrons. The molecule has 0 bridgehead atoms. The number of nitrogens with one attached hydrogen (secondary N) is 1. The van der Waals surface area contributed by atoms with Crippen LogP contribution in [-0.2, 0) is 11.2 Å². The van der Waals surface area contributed by atoms with E-state index in [1.54, 1.807) is 43.4 Å². The fraction of sp³-hybridized carbons (Fsp3) is 0.318. The minimum absolute atomic E-state index is 0.0588. The molecule has 9 heteroatoms. The van der Waals surface area contributed by atoms with Crippen molar-refractivity contribution in [2.45, 2.75) is 19.4 Å². The molecule has 0 unspecified atom stereocenters. The zero-order valence-corrected chi connectivity index (χ0v) is 18.4. The SMILES string of the molecule is COc1cc2c(cc1OC)[C@H](C)N(CC(=O)Nc1cc(Cl)ccc1-n1cncn1)CC2. The van der Waals surface area contributed by atoms with Crippen molar-refractivity contribution in [3.05, 3.63) is 59.1 Å². The summed E-state index contributed by atoms with van der Waals surface area (Å²) >= 11 is 6.16. The van der Waals surface area contributed by atoms with Gasteiger partial charge < -0.3 is 14.8 Å². The Morgan fingerprint density at radius 1 is 1.23 bits per heavy atom. The van der Waals surface area contributed by atoms with Crippen molar-refractivity contribution in [3.63, 3.8) is 0 Å². The van der Waals surface area contributed by atoms with Gasteiger partial charge in [-0.2, -0.15) is 5.10 Å². The highest BCUT2D eigenvalue weighted by Gasteiger charge is 2.27. The third kappa shape index (κ3) is 4.35. The summed E-state index contributed by atoms with van der Waals surface area (Å²) in [5.41, 5.74) is 3.64. The molecule has 3 aromatic rings. The van der Waals surface area contributed by atoms with Gasteiger partial charge in [0.05, 0.1) is 32.1 Å². The fourth-order valence-corrected chi connectivity index (χ4v) is 4.10. The van der Waals surface area contributed by atoms with Crippen molar-refractivity contribution < 1.29 is 14.3 Å². The highest BCUT2D eigenvalue weighted by molar-refractivity contribution is 6.31. The van der Waals surface area contributed by atoms with Crippen LogP contribution in [-0.4, -0.2) is 52.9 Å². The van der Waals surface area contributed by atoms with Crippen molar-refractivity contribution in [2.75, 3.05) is 32.6 Å². The second-order valence-corrected chi connectivity index (χ2v) is 7.79. The van der Waals surface area contributed by atoms with E-state index in [0.717, 1.165) is 24.3 Å². The number of ether oxygens (including phenoxy) is 2. The number of aromatic nitrogens is 3. The molecule has 1 aliphatic rings. The lowest BCUT2D eigenvalue weighted by molar-refractivity contribution is -0.117. The molecule has 1 aromatic heterocycles. The van der Waals surface area contributed by atoms with E-state index in [1.165, 1.54) is 11.9 Å². The smallest absolute Gasteiger partial charge is 0.238 e. The number of fused-ring (bicyclic) bond motifs is 1. The average molecular weight is 442 g/mol. The lowest BCUT2D eigenvalue weighted by Crippen LogP contribution is -2.39. The predicted octanol–water partition coefficient (Wildman–Crippen LogP) is 3.50. The van der Waals surface area contributed by atoms with Gasteiger partial charge in [0.15, 0.2) is 11.5 Å². The summed E-state index contributed by atoms with van der Waals surface area (Å²) in [6.07, 6.45) is 3.84. The first kappa shape index (κ1) is 21.1. The van der Waals surface area contributed by atoms with Crippen LogP contribution < -0.4 is 14.8 Å². The maximum absolute atomic E-state index is 12.9. The van der Waals surface area contributed by atoms with Gasteiger partial charge in [-0.25, -0.2) is 9.67 Å². The Balaban J connectivity index is 1.51. The van der Waals surface area contributed by atoms with E-state index in [9.17, 15) is 4.79 Å². The van der Waals surface area contributed by atoms with Crippen molar-refractivity contribution in [1.82, 2.24) is 19.7 Å². The third-order valence-electron chi connectivity index (χ3n) is 5.56. The summed E-state index contributed by atoms with van der Waals surface area (Å²) in [6, 6.07) is 9.35. The lowest BCUT2D eigenvalue weighted by Gasteiger charge is -2.35. The monoisotopic (exact) mass is 441 g/mol. The number of rotatable bonds is 6. The van der Waals surface area contributed by atoms with Crippen molar-refractivity contribution >= 4 is 23.2 Å². The van der Waals surface area contributed by atoms with Crippen LogP contribution in [0.5, 0.6) is 11.5 Å². The molecule has 0 aliphatic carbocycles. The molecule has 1 N–H and O–H groups in total. The molecule has 0 fully saturated rings. The molecule has 0 radical (unpaired) electrons. The molecule has 0 saturated heterocycles. The molecule has 1 amide bonds. The number of anilines is 1. The second kappa shape index (κ2) is 8.95. The second-order valence-electron chi connectivity index (χ2n) is 7.35. The summed E-state index contributed by atoms with van der Waals surface area (Å²) in [6.45, 7) is 3.11. The first-order valence-electron chi connectivity index (χ1n) is 9.93. The summed E-state index contributed by atoms with van der Waals surface area (Å²) in [5, 5.41) is 7.65. The van der Waals surface area contributed by atoms with Crippen molar-refractivity contribution in [3.8, 4) is 17.2 Å². The number of benzene rings is 2. The van der Waals surface area contributed by atoms with Crippen LogP contribution in [0.15, 0.2) is 43.0 Å². The number of nitrogens with zero attached hydrogens (tertiary/aromatic N) is 4. The number of amides is 1. The lowest BCUT2D eigenvalue weighted by atomic mass is 9.93. The fourth-order valence-electron chi connectivity index (χ4n) is 3.93. The number of halogens is 1. The van der Waals surface area contributed by atoms with Crippen molar-refractivity contribution in [1.29, 1.82) is 0 Å². The minimum atomic E-state index is -0.126. The van der Waals surface area contributed by atoms with Crippen LogP contribution in [0, 0.1) is 0 Å². The van der Waals surface area contributed by atoms with E-state index in [0.29, 0.717) is 22.1 Å². The Hall–Kier alpha value is -3.10. The Morgan fingerprint density at radius 2 is 2.00 bits per heavy atom. The molecule has 1 aliphatic heterocycles. The molecule has 0 saturated carbocycles. The van der Waals surface area contributed by atoms with Gasteiger partial charge in [0.25, 0.3) is 0 Å². The molecule has 2 heterocycles. The van der Waals surface area contributed by atoms with Crippen LogP contribution >= 0.6 is 11.6 Å². The first-order valence-corrected chi connectivity index (χ1v) is 10.3.